The molecule has 108 valence electrons. The number of anilines is 1. The largest absolute Gasteiger partial charge is 0.378 e. The highest BCUT2D eigenvalue weighted by Crippen LogP contribution is 2.28. The summed E-state index contributed by atoms with van der Waals surface area (Å²) in [5, 5.41) is 7.47. The molecule has 6 nitrogen and oxygen atoms in total. The van der Waals surface area contributed by atoms with Gasteiger partial charge in [0, 0.05) is 26.4 Å². The number of nitrogens with zero attached hydrogens (tertiary/aromatic N) is 4. The number of aromatic nitrogens is 4. The summed E-state index contributed by atoms with van der Waals surface area (Å²) >= 11 is 3.53. The molecular formula is C13H18BrN5O. The Kier molecular flexibility index (Phi) is 4.72. The monoisotopic (exact) mass is 339 g/mol. The van der Waals surface area contributed by atoms with Crippen LogP contribution < -0.4 is 5.32 Å². The quantitative estimate of drug-likeness (QED) is 0.906. The maximum atomic E-state index is 5.20. The maximum Gasteiger partial charge on any atom is 0.165 e. The molecule has 7 heteroatoms. The fourth-order valence-corrected chi connectivity index (χ4v) is 2.28. The van der Waals surface area contributed by atoms with Gasteiger partial charge in [0.1, 0.15) is 5.82 Å². The molecule has 0 spiro atoms. The number of hydrogen-bond donors (Lipinski definition) is 1. The SMILES string of the molecule is CCNc1nc(-c2cnn(C)c2C)nc(COC)c1Br. The van der Waals surface area contributed by atoms with Gasteiger partial charge in [-0.05, 0) is 29.8 Å². The van der Waals surface area contributed by atoms with Gasteiger partial charge in [0.15, 0.2) is 5.82 Å². The van der Waals surface area contributed by atoms with Crippen LogP contribution in [0.4, 0.5) is 5.82 Å². The van der Waals surface area contributed by atoms with E-state index in [2.05, 4.69) is 36.3 Å². The molecule has 0 amide bonds. The Hall–Kier alpha value is -1.47. The molecule has 0 fully saturated rings. The van der Waals surface area contributed by atoms with Crippen molar-refractivity contribution in [2.75, 3.05) is 19.0 Å². The third-order valence-electron chi connectivity index (χ3n) is 3.02. The first-order chi connectivity index (χ1) is 9.58. The molecule has 0 radical (unpaired) electrons. The third kappa shape index (κ3) is 2.83. The molecule has 0 atom stereocenters. The summed E-state index contributed by atoms with van der Waals surface area (Å²) < 4.78 is 7.85. The van der Waals surface area contributed by atoms with E-state index >= 15 is 0 Å². The minimum absolute atomic E-state index is 0.424. The van der Waals surface area contributed by atoms with Crippen molar-refractivity contribution in [3.63, 3.8) is 0 Å². The van der Waals surface area contributed by atoms with E-state index < -0.39 is 0 Å². The highest BCUT2D eigenvalue weighted by Gasteiger charge is 2.16. The molecule has 0 unspecified atom stereocenters. The second-order valence-corrected chi connectivity index (χ2v) is 5.18. The molecule has 20 heavy (non-hydrogen) atoms. The number of hydrogen-bond acceptors (Lipinski definition) is 5. The number of halogens is 1. The second kappa shape index (κ2) is 6.32. The number of nitrogens with one attached hydrogen (secondary N) is 1. The topological polar surface area (TPSA) is 64.9 Å². The van der Waals surface area contributed by atoms with E-state index in [-0.39, 0.29) is 0 Å². The second-order valence-electron chi connectivity index (χ2n) is 4.39. The van der Waals surface area contributed by atoms with E-state index in [0.717, 1.165) is 33.8 Å². The van der Waals surface area contributed by atoms with E-state index in [1.54, 1.807) is 13.3 Å². The standard InChI is InChI=1S/C13H18BrN5O/c1-5-15-13-11(14)10(7-20-4)17-12(18-13)9-6-16-19(3)8(9)2/h6H,5,7H2,1-4H3,(H,15,17,18). The summed E-state index contributed by atoms with van der Waals surface area (Å²) in [6.45, 7) is 5.23. The minimum Gasteiger partial charge on any atom is -0.378 e. The minimum atomic E-state index is 0.424. The molecule has 0 bridgehead atoms. The van der Waals surface area contributed by atoms with Crippen LogP contribution in [0.5, 0.6) is 0 Å². The molecule has 2 heterocycles. The maximum absolute atomic E-state index is 5.20. The van der Waals surface area contributed by atoms with E-state index in [9.17, 15) is 0 Å². The molecule has 1 N–H and O–H groups in total. The van der Waals surface area contributed by atoms with Crippen LogP contribution in [-0.4, -0.2) is 33.4 Å². The van der Waals surface area contributed by atoms with Gasteiger partial charge in [-0.3, -0.25) is 4.68 Å². The Labute approximate surface area is 126 Å². The smallest absolute Gasteiger partial charge is 0.165 e. The van der Waals surface area contributed by atoms with Crippen molar-refractivity contribution in [3.05, 3.63) is 22.1 Å². The van der Waals surface area contributed by atoms with Crippen molar-refractivity contribution in [1.82, 2.24) is 19.7 Å². The fraction of sp³-hybridized carbons (Fsp3) is 0.462. The summed E-state index contributed by atoms with van der Waals surface area (Å²) in [4.78, 5) is 9.14. The van der Waals surface area contributed by atoms with Gasteiger partial charge in [-0.15, -0.1) is 0 Å². The van der Waals surface area contributed by atoms with Gasteiger partial charge in [-0.1, -0.05) is 0 Å². The Bertz CT molecular complexity index is 584. The summed E-state index contributed by atoms with van der Waals surface area (Å²) in [5.41, 5.74) is 2.77. The van der Waals surface area contributed by atoms with E-state index in [1.807, 2.05) is 25.6 Å². The van der Waals surface area contributed by atoms with Crippen molar-refractivity contribution in [3.8, 4) is 11.4 Å². The normalized spacial score (nSPS) is 10.8. The Balaban J connectivity index is 2.55. The highest BCUT2D eigenvalue weighted by molar-refractivity contribution is 9.10. The molecular weight excluding hydrogens is 322 g/mol. The zero-order valence-corrected chi connectivity index (χ0v) is 13.7. The lowest BCUT2D eigenvalue weighted by Gasteiger charge is -2.11. The van der Waals surface area contributed by atoms with Crippen LogP contribution in [0.15, 0.2) is 10.7 Å². The highest BCUT2D eigenvalue weighted by atomic mass is 79.9. The van der Waals surface area contributed by atoms with Gasteiger partial charge in [0.25, 0.3) is 0 Å². The lowest BCUT2D eigenvalue weighted by atomic mass is 10.2. The third-order valence-corrected chi connectivity index (χ3v) is 3.85. The van der Waals surface area contributed by atoms with Crippen molar-refractivity contribution >= 4 is 21.7 Å². The van der Waals surface area contributed by atoms with E-state index in [4.69, 9.17) is 4.74 Å². The summed E-state index contributed by atoms with van der Waals surface area (Å²) in [7, 11) is 3.55. The molecule has 0 aromatic carbocycles. The van der Waals surface area contributed by atoms with Crippen molar-refractivity contribution in [2.45, 2.75) is 20.5 Å². The van der Waals surface area contributed by atoms with Gasteiger partial charge >= 0.3 is 0 Å². The Morgan fingerprint density at radius 1 is 1.40 bits per heavy atom. The lowest BCUT2D eigenvalue weighted by molar-refractivity contribution is 0.181. The number of methoxy groups -OCH3 is 1. The molecule has 2 aromatic rings. The van der Waals surface area contributed by atoms with Crippen LogP contribution in [0, 0.1) is 6.92 Å². The fourth-order valence-electron chi connectivity index (χ4n) is 1.85. The van der Waals surface area contributed by atoms with Crippen molar-refractivity contribution in [2.24, 2.45) is 7.05 Å². The van der Waals surface area contributed by atoms with Crippen LogP contribution in [0.3, 0.4) is 0 Å². The van der Waals surface area contributed by atoms with Crippen LogP contribution in [0.2, 0.25) is 0 Å². The molecule has 0 aliphatic carbocycles. The Morgan fingerprint density at radius 3 is 2.70 bits per heavy atom. The Morgan fingerprint density at radius 2 is 2.15 bits per heavy atom. The molecule has 0 aliphatic rings. The van der Waals surface area contributed by atoms with Crippen molar-refractivity contribution in [1.29, 1.82) is 0 Å². The predicted octanol–water partition coefficient (Wildman–Crippen LogP) is 2.53. The predicted molar refractivity (Wildman–Crippen MR) is 81.5 cm³/mol. The molecule has 0 aliphatic heterocycles. The van der Waals surface area contributed by atoms with Crippen LogP contribution in [0.1, 0.15) is 18.3 Å². The molecule has 0 saturated carbocycles. The van der Waals surface area contributed by atoms with E-state index in [1.165, 1.54) is 0 Å². The number of aryl methyl sites for hydroxylation is 1. The zero-order valence-electron chi connectivity index (χ0n) is 12.1. The van der Waals surface area contributed by atoms with Gasteiger partial charge in [0.2, 0.25) is 0 Å². The molecule has 2 rings (SSSR count). The number of ether oxygens (including phenoxy) is 1. The van der Waals surface area contributed by atoms with E-state index in [0.29, 0.717) is 12.4 Å². The summed E-state index contributed by atoms with van der Waals surface area (Å²) in [5.74, 6) is 1.43. The average Bonchev–Trinajstić information content (AvgIpc) is 2.75. The zero-order chi connectivity index (χ0) is 14.7. The van der Waals surface area contributed by atoms with Crippen molar-refractivity contribution < 1.29 is 4.74 Å². The van der Waals surface area contributed by atoms with Crippen LogP contribution in [-0.2, 0) is 18.4 Å². The van der Waals surface area contributed by atoms with Crippen LogP contribution >= 0.6 is 15.9 Å². The first-order valence-corrected chi connectivity index (χ1v) is 7.16. The molecule has 2 aromatic heterocycles. The van der Waals surface area contributed by atoms with Crippen LogP contribution in [0.25, 0.3) is 11.4 Å². The first kappa shape index (κ1) is 14.9. The summed E-state index contributed by atoms with van der Waals surface area (Å²) in [6.07, 6.45) is 1.78. The average molecular weight is 340 g/mol. The van der Waals surface area contributed by atoms with Gasteiger partial charge in [-0.2, -0.15) is 5.10 Å². The van der Waals surface area contributed by atoms with Gasteiger partial charge in [-0.25, -0.2) is 9.97 Å². The van der Waals surface area contributed by atoms with Gasteiger partial charge < -0.3 is 10.1 Å². The lowest BCUT2D eigenvalue weighted by Crippen LogP contribution is -2.07. The van der Waals surface area contributed by atoms with Gasteiger partial charge in [0.05, 0.1) is 28.5 Å². The first-order valence-electron chi connectivity index (χ1n) is 6.36. The number of rotatable bonds is 5. The summed E-state index contributed by atoms with van der Waals surface area (Å²) in [6, 6.07) is 0. The molecule has 0 saturated heterocycles.